The lowest BCUT2D eigenvalue weighted by Crippen LogP contribution is -2.26. The lowest BCUT2D eigenvalue weighted by molar-refractivity contribution is 0.0814. The molecular weight excluding hydrogens is 457 g/mol. The van der Waals surface area contributed by atoms with Gasteiger partial charge in [-0.15, -0.1) is 0 Å². The van der Waals surface area contributed by atoms with Crippen LogP contribution in [0.4, 0.5) is 10.1 Å². The van der Waals surface area contributed by atoms with Gasteiger partial charge >= 0.3 is 0 Å². The Morgan fingerprint density at radius 1 is 1.31 bits per heavy atom. The Balaban J connectivity index is 1.97. The maximum absolute atomic E-state index is 14.5. The van der Waals surface area contributed by atoms with Crippen molar-refractivity contribution in [2.24, 2.45) is 0 Å². The number of phenolic OH excluding ortho intramolecular Hbond substituents is 1. The number of pyridine rings is 1. The number of hydrogen-bond donors (Lipinski definition) is 1. The number of halogens is 2. The van der Waals surface area contributed by atoms with Crippen LogP contribution in [0, 0.1) is 12.7 Å². The number of rotatable bonds is 4. The maximum Gasteiger partial charge on any atom is 0.258 e. The highest BCUT2D eigenvalue weighted by molar-refractivity contribution is 7.92. The number of hydrogen-bond acceptors (Lipinski definition) is 5. The van der Waals surface area contributed by atoms with Gasteiger partial charge in [-0.2, -0.15) is 0 Å². The van der Waals surface area contributed by atoms with Crippen LogP contribution in [0.1, 0.15) is 32.6 Å². The maximum atomic E-state index is 14.5. The van der Waals surface area contributed by atoms with E-state index in [4.69, 9.17) is 11.6 Å². The van der Waals surface area contributed by atoms with Gasteiger partial charge in [0.05, 0.1) is 17.5 Å². The molecule has 168 valence electrons. The molecule has 1 amide bonds. The minimum absolute atomic E-state index is 0.0436. The van der Waals surface area contributed by atoms with E-state index in [9.17, 15) is 22.7 Å². The van der Waals surface area contributed by atoms with Crippen LogP contribution in [0.15, 0.2) is 24.4 Å². The highest BCUT2D eigenvalue weighted by Gasteiger charge is 2.35. The molecule has 3 aromatic rings. The highest BCUT2D eigenvalue weighted by Crippen LogP contribution is 2.44. The van der Waals surface area contributed by atoms with Crippen LogP contribution in [0.5, 0.6) is 5.75 Å². The molecule has 0 saturated heterocycles. The van der Waals surface area contributed by atoms with Gasteiger partial charge in [0, 0.05) is 49.2 Å². The molecule has 0 radical (unpaired) electrons. The largest absolute Gasteiger partial charge is 0.505 e. The molecule has 2 heterocycles. The van der Waals surface area contributed by atoms with E-state index in [1.165, 1.54) is 24.2 Å². The number of anilines is 1. The molecule has 4 rings (SSSR count). The van der Waals surface area contributed by atoms with Crippen molar-refractivity contribution in [2.75, 3.05) is 24.7 Å². The van der Waals surface area contributed by atoms with Crippen molar-refractivity contribution in [3.05, 3.63) is 63.1 Å². The van der Waals surface area contributed by atoms with Crippen molar-refractivity contribution >= 4 is 44.1 Å². The van der Waals surface area contributed by atoms with Crippen molar-refractivity contribution in [3.63, 3.8) is 0 Å². The summed E-state index contributed by atoms with van der Waals surface area (Å²) >= 11 is 6.15. The summed E-state index contributed by atoms with van der Waals surface area (Å²) in [4.78, 5) is 18.3. The van der Waals surface area contributed by atoms with Crippen molar-refractivity contribution in [2.45, 2.75) is 19.9 Å². The highest BCUT2D eigenvalue weighted by atomic mass is 35.5. The van der Waals surface area contributed by atoms with Gasteiger partial charge in [0.15, 0.2) is 5.75 Å². The fraction of sp³-hybridized carbons (Fsp3) is 0.273. The molecule has 10 heteroatoms. The molecule has 2 aromatic carbocycles. The van der Waals surface area contributed by atoms with Crippen molar-refractivity contribution in [1.29, 1.82) is 0 Å². The Morgan fingerprint density at radius 2 is 2.00 bits per heavy atom. The van der Waals surface area contributed by atoms with Crippen LogP contribution >= 0.6 is 11.6 Å². The lowest BCUT2D eigenvalue weighted by atomic mass is 9.98. The third-order valence-corrected chi connectivity index (χ3v) is 7.32. The number of benzene rings is 2. The van der Waals surface area contributed by atoms with Gasteiger partial charge in [0.2, 0.25) is 10.0 Å². The van der Waals surface area contributed by atoms with E-state index in [0.29, 0.717) is 32.7 Å². The minimum Gasteiger partial charge on any atom is -0.505 e. The summed E-state index contributed by atoms with van der Waals surface area (Å²) < 4.78 is 40.3. The molecule has 1 aromatic heterocycles. The first kappa shape index (κ1) is 22.3. The number of amides is 1. The second-order valence-corrected chi connectivity index (χ2v) is 10.5. The van der Waals surface area contributed by atoms with Crippen LogP contribution in [-0.4, -0.2) is 49.7 Å². The van der Waals surface area contributed by atoms with Gasteiger partial charge in [-0.25, -0.2) is 12.8 Å². The standard InChI is InChI=1S/C22H21ClFN3O4S/c1-11-5-17(24)13(8-16(11)23)6-12-7-14-19(25-9-12)21(28)18-15(10-26(2)22(18)29)20(14)27(3)32(4,30)31/h5,7-9,28H,6,10H2,1-4H3. The first-order chi connectivity index (χ1) is 14.9. The predicted molar refractivity (Wildman–Crippen MR) is 121 cm³/mol. The van der Waals surface area contributed by atoms with Crippen LogP contribution in [0.25, 0.3) is 10.9 Å². The van der Waals surface area contributed by atoms with Crippen molar-refractivity contribution in [1.82, 2.24) is 9.88 Å². The van der Waals surface area contributed by atoms with E-state index >= 15 is 0 Å². The van der Waals surface area contributed by atoms with Crippen LogP contribution in [0.2, 0.25) is 5.02 Å². The summed E-state index contributed by atoms with van der Waals surface area (Å²) in [5.74, 6) is -1.12. The number of fused-ring (bicyclic) bond motifs is 2. The number of phenols is 1. The number of carbonyl (C=O) groups is 1. The molecule has 0 bridgehead atoms. The normalized spacial score (nSPS) is 13.7. The fourth-order valence-corrected chi connectivity index (χ4v) is 4.70. The Kier molecular flexibility index (Phi) is 5.29. The second-order valence-electron chi connectivity index (χ2n) is 8.05. The topological polar surface area (TPSA) is 90.8 Å². The Bertz CT molecular complexity index is 1410. The van der Waals surface area contributed by atoms with Gasteiger partial charge in [-0.1, -0.05) is 11.6 Å². The molecule has 7 nitrogen and oxygen atoms in total. The van der Waals surface area contributed by atoms with E-state index in [-0.39, 0.29) is 35.5 Å². The zero-order valence-electron chi connectivity index (χ0n) is 17.9. The number of aromatic nitrogens is 1. The SMILES string of the molecule is Cc1cc(F)c(Cc2cnc3c(O)c4c(c(N(C)S(C)(=O)=O)c3c2)CN(C)C4=O)cc1Cl. The Labute approximate surface area is 190 Å². The average Bonchev–Trinajstić information content (AvgIpc) is 3.00. The zero-order chi connectivity index (χ0) is 23.5. The Morgan fingerprint density at radius 3 is 2.66 bits per heavy atom. The van der Waals surface area contributed by atoms with E-state index in [2.05, 4.69) is 4.98 Å². The minimum atomic E-state index is -3.69. The molecule has 1 N–H and O–H groups in total. The summed E-state index contributed by atoms with van der Waals surface area (Å²) in [6.07, 6.45) is 2.68. The van der Waals surface area contributed by atoms with Crippen molar-refractivity contribution in [3.8, 4) is 5.75 Å². The summed E-state index contributed by atoms with van der Waals surface area (Å²) in [6.45, 7) is 1.85. The summed E-state index contributed by atoms with van der Waals surface area (Å²) in [6, 6.07) is 4.57. The summed E-state index contributed by atoms with van der Waals surface area (Å²) in [7, 11) is -0.735. The van der Waals surface area contributed by atoms with Crippen LogP contribution < -0.4 is 4.31 Å². The predicted octanol–water partition coefficient (Wildman–Crippen LogP) is 3.61. The molecule has 0 saturated carbocycles. The molecule has 1 aliphatic heterocycles. The van der Waals surface area contributed by atoms with E-state index in [1.54, 1.807) is 26.1 Å². The monoisotopic (exact) mass is 477 g/mol. The second kappa shape index (κ2) is 7.60. The summed E-state index contributed by atoms with van der Waals surface area (Å²) in [5.41, 5.74) is 2.39. The number of aryl methyl sites for hydroxylation is 1. The molecule has 0 fully saturated rings. The smallest absolute Gasteiger partial charge is 0.258 e. The van der Waals surface area contributed by atoms with Crippen LogP contribution in [0.3, 0.4) is 0 Å². The molecule has 0 spiro atoms. The molecule has 1 aliphatic rings. The fourth-order valence-electron chi connectivity index (χ4n) is 3.97. The van der Waals surface area contributed by atoms with E-state index in [0.717, 1.165) is 10.6 Å². The number of carbonyl (C=O) groups excluding carboxylic acids is 1. The Hall–Kier alpha value is -2.91. The van der Waals surface area contributed by atoms with Crippen molar-refractivity contribution < 1.29 is 22.7 Å². The number of nitrogens with zero attached hydrogens (tertiary/aromatic N) is 3. The summed E-state index contributed by atoms with van der Waals surface area (Å²) in [5, 5.41) is 11.6. The number of sulfonamides is 1. The van der Waals surface area contributed by atoms with Gasteiger partial charge in [-0.05, 0) is 41.8 Å². The molecule has 0 unspecified atom stereocenters. The molecule has 0 aliphatic carbocycles. The zero-order valence-corrected chi connectivity index (χ0v) is 19.5. The first-order valence-corrected chi connectivity index (χ1v) is 11.9. The van der Waals surface area contributed by atoms with E-state index in [1.807, 2.05) is 0 Å². The van der Waals surface area contributed by atoms with Gasteiger partial charge in [0.25, 0.3) is 5.91 Å². The quantitative estimate of drug-likeness (QED) is 0.619. The van der Waals surface area contributed by atoms with Crippen LogP contribution in [-0.2, 0) is 23.0 Å². The molecule has 0 atom stereocenters. The van der Waals surface area contributed by atoms with Gasteiger partial charge < -0.3 is 10.0 Å². The third-order valence-electron chi connectivity index (χ3n) is 5.74. The van der Waals surface area contributed by atoms with Gasteiger partial charge in [0.1, 0.15) is 11.3 Å². The lowest BCUT2D eigenvalue weighted by Gasteiger charge is -2.22. The third kappa shape index (κ3) is 3.55. The van der Waals surface area contributed by atoms with E-state index < -0.39 is 21.7 Å². The molecule has 32 heavy (non-hydrogen) atoms. The van der Waals surface area contributed by atoms with Gasteiger partial charge in [-0.3, -0.25) is 14.1 Å². The average molecular weight is 478 g/mol. The number of aromatic hydroxyl groups is 1. The first-order valence-electron chi connectivity index (χ1n) is 9.70. The molecular formula is C22H21ClFN3O4S.